The molecule has 154 valence electrons. The van der Waals surface area contributed by atoms with E-state index in [1.54, 1.807) is 18.2 Å². The van der Waals surface area contributed by atoms with Crippen LogP contribution in [-0.4, -0.2) is 45.5 Å². The van der Waals surface area contributed by atoms with Crippen LogP contribution in [0.3, 0.4) is 0 Å². The fourth-order valence-corrected chi connectivity index (χ4v) is 3.83. The van der Waals surface area contributed by atoms with E-state index < -0.39 is 30.2 Å². The summed E-state index contributed by atoms with van der Waals surface area (Å²) in [4.78, 5) is 10.6. The Labute approximate surface area is 158 Å². The molecule has 0 aromatic rings. The van der Waals surface area contributed by atoms with Gasteiger partial charge in [0.2, 0.25) is 0 Å². The van der Waals surface area contributed by atoms with Gasteiger partial charge in [-0.1, -0.05) is 38.3 Å². The summed E-state index contributed by atoms with van der Waals surface area (Å²) in [5.74, 6) is -4.50. The van der Waals surface area contributed by atoms with Gasteiger partial charge in [-0.05, 0) is 31.3 Å². The number of rotatable bonds is 10. The number of aliphatic hydroxyl groups is 2. The largest absolute Gasteiger partial charge is 0.488 e. The number of aliphatic carboxylic acids is 1. The van der Waals surface area contributed by atoms with Crippen molar-refractivity contribution in [1.29, 1.82) is 0 Å². The van der Waals surface area contributed by atoms with Crippen LogP contribution < -0.4 is 0 Å². The second-order valence-corrected chi connectivity index (χ2v) is 7.59. The van der Waals surface area contributed by atoms with Crippen molar-refractivity contribution in [3.63, 3.8) is 0 Å². The molecule has 0 aromatic heterocycles. The van der Waals surface area contributed by atoms with Crippen molar-refractivity contribution < 1.29 is 33.6 Å². The first-order valence-electron chi connectivity index (χ1n) is 9.75. The summed E-state index contributed by atoms with van der Waals surface area (Å²) < 4.78 is 34.0. The molecule has 1 saturated heterocycles. The number of halogens is 2. The number of carboxylic acid groups (broad SMARTS) is 1. The Morgan fingerprint density at radius 1 is 1.33 bits per heavy atom. The predicted molar refractivity (Wildman–Crippen MR) is 96.3 cm³/mol. The number of ether oxygens (including phenoxy) is 1. The molecule has 1 heterocycles. The molecule has 1 saturated carbocycles. The van der Waals surface area contributed by atoms with Crippen molar-refractivity contribution in [2.24, 2.45) is 11.8 Å². The SMILES string of the molecule is CCCCC[C@H](O)C=C[C@H]1CC(F)(F)C2OC(=CCCC(O)C(=O)O)C[C@@H]21. The number of alkyl halides is 2. The van der Waals surface area contributed by atoms with Gasteiger partial charge in [0.25, 0.3) is 5.92 Å². The van der Waals surface area contributed by atoms with Gasteiger partial charge in [-0.2, -0.15) is 0 Å². The lowest BCUT2D eigenvalue weighted by atomic mass is 9.91. The average Bonchev–Trinajstić information content (AvgIpc) is 3.12. The lowest BCUT2D eigenvalue weighted by Gasteiger charge is -2.17. The van der Waals surface area contributed by atoms with Crippen LogP contribution in [0.4, 0.5) is 8.78 Å². The van der Waals surface area contributed by atoms with Crippen LogP contribution in [0.5, 0.6) is 0 Å². The first-order chi connectivity index (χ1) is 12.7. The van der Waals surface area contributed by atoms with Gasteiger partial charge in [-0.15, -0.1) is 0 Å². The van der Waals surface area contributed by atoms with E-state index in [1.165, 1.54) is 0 Å². The summed E-state index contributed by atoms with van der Waals surface area (Å²) in [5, 5.41) is 27.9. The Bertz CT molecular complexity index is 561. The molecule has 2 unspecified atom stereocenters. The molecule has 2 fully saturated rings. The van der Waals surface area contributed by atoms with E-state index in [-0.39, 0.29) is 31.1 Å². The zero-order valence-electron chi connectivity index (χ0n) is 15.7. The number of carbonyl (C=O) groups is 1. The second-order valence-electron chi connectivity index (χ2n) is 7.59. The average molecular weight is 388 g/mol. The standard InChI is InChI=1S/C20H30F2O5/c1-2-3-4-6-14(23)10-9-13-12-20(21,22)18-16(13)11-15(27-18)7-5-8-17(24)19(25)26/h7,9-10,13-14,16-18,23-24H,2-6,8,11-12H2,1H3,(H,25,26)/t13-,14-,16+,17?,18?/m0/s1. The van der Waals surface area contributed by atoms with Gasteiger partial charge < -0.3 is 20.1 Å². The Kier molecular flexibility index (Phi) is 7.79. The summed E-state index contributed by atoms with van der Waals surface area (Å²) in [6.45, 7) is 2.08. The van der Waals surface area contributed by atoms with Gasteiger partial charge in [-0.3, -0.25) is 0 Å². The first kappa shape index (κ1) is 21.8. The van der Waals surface area contributed by atoms with Crippen LogP contribution in [0.15, 0.2) is 24.0 Å². The van der Waals surface area contributed by atoms with Crippen molar-refractivity contribution in [2.45, 2.75) is 82.5 Å². The molecule has 5 atom stereocenters. The van der Waals surface area contributed by atoms with Crippen LogP contribution in [0, 0.1) is 11.8 Å². The van der Waals surface area contributed by atoms with Gasteiger partial charge in [0.1, 0.15) is 0 Å². The summed E-state index contributed by atoms with van der Waals surface area (Å²) in [6, 6.07) is 0. The molecule has 1 aliphatic carbocycles. The van der Waals surface area contributed by atoms with Crippen LogP contribution in [0.1, 0.15) is 58.3 Å². The minimum Gasteiger partial charge on any atom is -0.488 e. The third-order valence-corrected chi connectivity index (χ3v) is 5.36. The maximum Gasteiger partial charge on any atom is 0.332 e. The first-order valence-corrected chi connectivity index (χ1v) is 9.75. The molecule has 7 heteroatoms. The summed E-state index contributed by atoms with van der Waals surface area (Å²) in [6.07, 6.45) is 5.66. The van der Waals surface area contributed by atoms with E-state index in [0.29, 0.717) is 18.6 Å². The molecule has 1 aliphatic heterocycles. The maximum absolute atomic E-state index is 14.3. The maximum atomic E-state index is 14.3. The number of hydrogen-bond donors (Lipinski definition) is 3. The molecule has 0 aromatic carbocycles. The lowest BCUT2D eigenvalue weighted by molar-refractivity contribution is -0.146. The number of carboxylic acids is 1. The van der Waals surface area contributed by atoms with E-state index in [1.807, 2.05) is 0 Å². The third-order valence-electron chi connectivity index (χ3n) is 5.36. The van der Waals surface area contributed by atoms with E-state index in [4.69, 9.17) is 9.84 Å². The van der Waals surface area contributed by atoms with E-state index in [2.05, 4.69) is 6.92 Å². The van der Waals surface area contributed by atoms with E-state index >= 15 is 0 Å². The Balaban J connectivity index is 1.92. The van der Waals surface area contributed by atoms with E-state index in [9.17, 15) is 23.8 Å². The van der Waals surface area contributed by atoms with Gasteiger partial charge in [0.15, 0.2) is 12.2 Å². The van der Waals surface area contributed by atoms with Crippen LogP contribution in [0.2, 0.25) is 0 Å². The van der Waals surface area contributed by atoms with Gasteiger partial charge in [0, 0.05) is 18.8 Å². The third kappa shape index (κ3) is 6.01. The summed E-state index contributed by atoms with van der Waals surface area (Å²) in [7, 11) is 0. The molecule has 0 spiro atoms. The van der Waals surface area contributed by atoms with Crippen molar-refractivity contribution in [2.75, 3.05) is 0 Å². The Morgan fingerprint density at radius 2 is 2.07 bits per heavy atom. The highest BCUT2D eigenvalue weighted by atomic mass is 19.3. The van der Waals surface area contributed by atoms with Gasteiger partial charge in [0.05, 0.1) is 11.9 Å². The minimum absolute atomic E-state index is 0.0151. The molecule has 2 aliphatic rings. The van der Waals surface area contributed by atoms with Crippen LogP contribution in [-0.2, 0) is 9.53 Å². The molecule has 0 bridgehead atoms. The molecule has 2 rings (SSSR count). The predicted octanol–water partition coefficient (Wildman–Crippen LogP) is 3.65. The summed E-state index contributed by atoms with van der Waals surface area (Å²) in [5.41, 5.74) is 0. The quantitative estimate of drug-likeness (QED) is 0.393. The molecule has 0 radical (unpaired) electrons. The Morgan fingerprint density at radius 3 is 2.74 bits per heavy atom. The molecule has 0 amide bonds. The molecule has 3 N–H and O–H groups in total. The minimum atomic E-state index is -2.93. The normalized spacial score (nSPS) is 30.4. The Hall–Kier alpha value is -1.47. The van der Waals surface area contributed by atoms with Crippen molar-refractivity contribution in [3.8, 4) is 0 Å². The molecule has 27 heavy (non-hydrogen) atoms. The number of fused-ring (bicyclic) bond motifs is 1. The number of hydrogen-bond acceptors (Lipinski definition) is 4. The van der Waals surface area contributed by atoms with Gasteiger partial charge in [-0.25, -0.2) is 13.6 Å². The number of unbranched alkanes of at least 4 members (excludes halogenated alkanes) is 2. The number of aliphatic hydroxyl groups excluding tert-OH is 2. The van der Waals surface area contributed by atoms with Crippen molar-refractivity contribution in [1.82, 2.24) is 0 Å². The second kappa shape index (κ2) is 9.64. The molecular weight excluding hydrogens is 358 g/mol. The van der Waals surface area contributed by atoms with Crippen LogP contribution >= 0.6 is 0 Å². The highest BCUT2D eigenvalue weighted by Crippen LogP contribution is 2.52. The van der Waals surface area contributed by atoms with Crippen LogP contribution in [0.25, 0.3) is 0 Å². The fourth-order valence-electron chi connectivity index (χ4n) is 3.83. The zero-order chi connectivity index (χ0) is 20.0. The van der Waals surface area contributed by atoms with Crippen molar-refractivity contribution in [3.05, 3.63) is 24.0 Å². The topological polar surface area (TPSA) is 87.0 Å². The zero-order valence-corrected chi connectivity index (χ0v) is 15.7. The molecule has 5 nitrogen and oxygen atoms in total. The molecular formula is C20H30F2O5. The smallest absolute Gasteiger partial charge is 0.332 e. The summed E-state index contributed by atoms with van der Waals surface area (Å²) >= 11 is 0. The highest BCUT2D eigenvalue weighted by Gasteiger charge is 2.59. The van der Waals surface area contributed by atoms with Gasteiger partial charge >= 0.3 is 5.97 Å². The fraction of sp³-hybridized carbons (Fsp3) is 0.750. The lowest BCUT2D eigenvalue weighted by Crippen LogP contribution is -2.29. The van der Waals surface area contributed by atoms with Crippen molar-refractivity contribution >= 4 is 5.97 Å². The highest BCUT2D eigenvalue weighted by molar-refractivity contribution is 5.71. The number of allylic oxidation sites excluding steroid dienone is 3. The monoisotopic (exact) mass is 388 g/mol. The van der Waals surface area contributed by atoms with E-state index in [0.717, 1.165) is 19.3 Å².